The van der Waals surface area contributed by atoms with E-state index >= 15 is 0 Å². The number of benzene rings is 1. The molecule has 28 heavy (non-hydrogen) atoms. The number of phenols is 1. The van der Waals surface area contributed by atoms with Gasteiger partial charge >= 0.3 is 0 Å². The van der Waals surface area contributed by atoms with Gasteiger partial charge in [-0.25, -0.2) is 4.68 Å². The molecule has 0 unspecified atom stereocenters. The lowest BCUT2D eigenvalue weighted by Gasteiger charge is -2.06. The predicted molar refractivity (Wildman–Crippen MR) is 112 cm³/mol. The van der Waals surface area contributed by atoms with Crippen LogP contribution in [-0.2, 0) is 0 Å². The number of phenolic OH excluding ortho intramolecular Hbond substituents is 1. The Balaban J connectivity index is 1.95. The third kappa shape index (κ3) is 4.80. The molecule has 0 spiro atoms. The zero-order valence-corrected chi connectivity index (χ0v) is 16.8. The van der Waals surface area contributed by atoms with Crippen molar-refractivity contribution in [2.24, 2.45) is 10.1 Å². The minimum absolute atomic E-state index is 0.105. The Morgan fingerprint density at radius 2 is 2.25 bits per heavy atom. The number of hydrogen-bond acceptors (Lipinski definition) is 6. The highest BCUT2D eigenvalue weighted by atomic mass is 32.1. The topological polar surface area (TPSA) is 72.2 Å². The summed E-state index contributed by atoms with van der Waals surface area (Å²) in [5, 5.41) is 16.8. The summed E-state index contributed by atoms with van der Waals surface area (Å²) in [4.78, 5) is 5.28. The summed E-state index contributed by atoms with van der Waals surface area (Å²) in [6.45, 7) is 8.98. The van der Waals surface area contributed by atoms with Gasteiger partial charge in [0.25, 0.3) is 0 Å². The quantitative estimate of drug-likeness (QED) is 0.444. The Morgan fingerprint density at radius 1 is 1.39 bits per heavy atom. The Bertz CT molecular complexity index is 1030. The summed E-state index contributed by atoms with van der Waals surface area (Å²) in [6.07, 6.45) is 4.12. The summed E-state index contributed by atoms with van der Waals surface area (Å²) in [5.41, 5.74) is 2.33. The molecule has 0 atom stereocenters. The summed E-state index contributed by atoms with van der Waals surface area (Å²) in [6, 6.07) is 8.87. The average Bonchev–Trinajstić information content (AvgIpc) is 3.33. The van der Waals surface area contributed by atoms with E-state index in [1.54, 1.807) is 29.3 Å². The van der Waals surface area contributed by atoms with Gasteiger partial charge in [-0.15, -0.1) is 11.3 Å². The molecular weight excluding hydrogens is 374 g/mol. The van der Waals surface area contributed by atoms with E-state index in [9.17, 15) is 5.11 Å². The fraction of sp³-hybridized carbons (Fsp3) is 0.238. The molecule has 2 aromatic heterocycles. The average molecular weight is 398 g/mol. The van der Waals surface area contributed by atoms with Crippen LogP contribution in [0.4, 0.5) is 0 Å². The number of hydrogen-bond donors (Lipinski definition) is 1. The Hall–Kier alpha value is -3.06. The molecule has 1 N–H and O–H groups in total. The Kier molecular flexibility index (Phi) is 6.49. The minimum Gasteiger partial charge on any atom is -0.507 e. The SMILES string of the molecule is C=C(C)CN=c1scc(-c2ccco2)n1N=Cc1ccc(OCCC)cc1O. The summed E-state index contributed by atoms with van der Waals surface area (Å²) >= 11 is 1.47. The molecule has 3 rings (SSSR count). The van der Waals surface area contributed by atoms with Gasteiger partial charge in [0.2, 0.25) is 4.80 Å². The third-order valence-electron chi connectivity index (χ3n) is 3.73. The first kappa shape index (κ1) is 19.7. The van der Waals surface area contributed by atoms with E-state index < -0.39 is 0 Å². The van der Waals surface area contributed by atoms with Crippen LogP contribution in [0.1, 0.15) is 25.8 Å². The fourth-order valence-corrected chi connectivity index (χ4v) is 3.20. The molecule has 0 fully saturated rings. The van der Waals surface area contributed by atoms with Crippen molar-refractivity contribution in [3.05, 3.63) is 64.5 Å². The number of thiazole rings is 1. The van der Waals surface area contributed by atoms with Crippen molar-refractivity contribution in [2.75, 3.05) is 13.2 Å². The van der Waals surface area contributed by atoms with E-state index in [0.29, 0.717) is 35.0 Å². The Labute approximate surface area is 167 Å². The van der Waals surface area contributed by atoms with Gasteiger partial charge in [-0.3, -0.25) is 4.99 Å². The molecule has 1 aromatic carbocycles. The molecule has 0 aliphatic heterocycles. The van der Waals surface area contributed by atoms with E-state index in [2.05, 4.69) is 16.7 Å². The molecule has 0 aliphatic carbocycles. The van der Waals surface area contributed by atoms with Gasteiger partial charge in [-0.05, 0) is 37.6 Å². The number of nitrogens with zero attached hydrogens (tertiary/aromatic N) is 3. The highest BCUT2D eigenvalue weighted by Gasteiger charge is 2.10. The number of aromatic nitrogens is 1. The van der Waals surface area contributed by atoms with E-state index in [-0.39, 0.29) is 5.75 Å². The van der Waals surface area contributed by atoms with Crippen molar-refractivity contribution >= 4 is 17.6 Å². The van der Waals surface area contributed by atoms with Gasteiger partial charge in [0.1, 0.15) is 17.2 Å². The number of ether oxygens (including phenoxy) is 1. The molecule has 0 bridgehead atoms. The van der Waals surface area contributed by atoms with Gasteiger partial charge in [-0.2, -0.15) is 5.10 Å². The number of aromatic hydroxyl groups is 1. The lowest BCUT2D eigenvalue weighted by atomic mass is 10.2. The highest BCUT2D eigenvalue weighted by Crippen LogP contribution is 2.23. The minimum atomic E-state index is 0.105. The Morgan fingerprint density at radius 3 is 2.93 bits per heavy atom. The fourth-order valence-electron chi connectivity index (χ4n) is 2.38. The summed E-state index contributed by atoms with van der Waals surface area (Å²) < 4.78 is 12.8. The maximum absolute atomic E-state index is 10.3. The van der Waals surface area contributed by atoms with Crippen molar-refractivity contribution in [1.29, 1.82) is 0 Å². The number of rotatable bonds is 8. The van der Waals surface area contributed by atoms with Crippen LogP contribution in [0.3, 0.4) is 0 Å². The predicted octanol–water partition coefficient (Wildman–Crippen LogP) is 4.66. The van der Waals surface area contributed by atoms with Gasteiger partial charge < -0.3 is 14.3 Å². The zero-order chi connectivity index (χ0) is 19.9. The molecule has 0 saturated heterocycles. The maximum atomic E-state index is 10.3. The first-order valence-corrected chi connectivity index (χ1v) is 9.86. The zero-order valence-electron chi connectivity index (χ0n) is 16.0. The summed E-state index contributed by atoms with van der Waals surface area (Å²) in [5.74, 6) is 1.43. The molecule has 0 amide bonds. The lowest BCUT2D eigenvalue weighted by Crippen LogP contribution is -2.12. The van der Waals surface area contributed by atoms with Crippen LogP contribution in [-0.4, -0.2) is 29.1 Å². The first-order chi connectivity index (χ1) is 13.6. The van der Waals surface area contributed by atoms with E-state index in [0.717, 1.165) is 17.7 Å². The van der Waals surface area contributed by atoms with Crippen LogP contribution in [0.15, 0.2) is 68.6 Å². The molecule has 0 radical (unpaired) electrons. The normalized spacial score (nSPS) is 12.0. The molecule has 7 heteroatoms. The van der Waals surface area contributed by atoms with Crippen LogP contribution < -0.4 is 9.54 Å². The highest BCUT2D eigenvalue weighted by molar-refractivity contribution is 7.07. The van der Waals surface area contributed by atoms with Crippen molar-refractivity contribution < 1.29 is 14.3 Å². The third-order valence-corrected chi connectivity index (χ3v) is 4.58. The second-order valence-corrected chi connectivity index (χ2v) is 7.12. The van der Waals surface area contributed by atoms with Gasteiger partial charge in [-0.1, -0.05) is 19.1 Å². The van der Waals surface area contributed by atoms with Crippen LogP contribution in [0, 0.1) is 0 Å². The van der Waals surface area contributed by atoms with E-state index in [1.807, 2.05) is 37.4 Å². The first-order valence-electron chi connectivity index (χ1n) is 8.98. The van der Waals surface area contributed by atoms with Crippen molar-refractivity contribution in [2.45, 2.75) is 20.3 Å². The van der Waals surface area contributed by atoms with Gasteiger partial charge in [0.05, 0.1) is 25.6 Å². The largest absolute Gasteiger partial charge is 0.507 e. The number of furan rings is 1. The van der Waals surface area contributed by atoms with Crippen molar-refractivity contribution in [3.63, 3.8) is 0 Å². The van der Waals surface area contributed by atoms with Crippen molar-refractivity contribution in [1.82, 2.24) is 4.68 Å². The van der Waals surface area contributed by atoms with Gasteiger partial charge in [0.15, 0.2) is 5.76 Å². The molecule has 6 nitrogen and oxygen atoms in total. The monoisotopic (exact) mass is 397 g/mol. The van der Waals surface area contributed by atoms with Gasteiger partial charge in [0, 0.05) is 17.0 Å². The van der Waals surface area contributed by atoms with Crippen LogP contribution >= 0.6 is 11.3 Å². The lowest BCUT2D eigenvalue weighted by molar-refractivity contribution is 0.315. The van der Waals surface area contributed by atoms with Crippen molar-refractivity contribution in [3.8, 4) is 23.0 Å². The summed E-state index contributed by atoms with van der Waals surface area (Å²) in [7, 11) is 0. The standard InChI is InChI=1S/C21H23N3O3S/c1-4-9-26-17-8-7-16(19(25)11-17)13-23-24-18(20-6-5-10-27-20)14-28-21(24)22-12-15(2)3/h5-8,10-11,13-14,25H,2,4,9,12H2,1,3H3. The second-order valence-electron chi connectivity index (χ2n) is 6.28. The molecule has 0 aliphatic rings. The van der Waals surface area contributed by atoms with Crippen LogP contribution in [0.5, 0.6) is 11.5 Å². The van der Waals surface area contributed by atoms with Crippen LogP contribution in [0.25, 0.3) is 11.5 Å². The van der Waals surface area contributed by atoms with Crippen LogP contribution in [0.2, 0.25) is 0 Å². The molecule has 3 aromatic rings. The smallest absolute Gasteiger partial charge is 0.206 e. The molecular formula is C21H23N3O3S. The molecule has 146 valence electrons. The molecule has 2 heterocycles. The van der Waals surface area contributed by atoms with E-state index in [1.165, 1.54) is 11.3 Å². The maximum Gasteiger partial charge on any atom is 0.206 e. The second kappa shape index (κ2) is 9.23. The molecule has 0 saturated carbocycles. The van der Waals surface area contributed by atoms with E-state index in [4.69, 9.17) is 9.15 Å².